The van der Waals surface area contributed by atoms with Crippen LogP contribution in [-0.2, 0) is 0 Å². The van der Waals surface area contributed by atoms with Crippen LogP contribution >= 0.6 is 22.7 Å². The van der Waals surface area contributed by atoms with Gasteiger partial charge in [0.25, 0.3) is 0 Å². The van der Waals surface area contributed by atoms with Gasteiger partial charge in [-0.05, 0) is 105 Å². The normalized spacial score (nSPS) is 15.4. The molecule has 0 spiro atoms. The fraction of sp³-hybridized carbons (Fsp3) is 0.160. The lowest BCUT2D eigenvalue weighted by atomic mass is 9.96. The lowest BCUT2D eigenvalue weighted by molar-refractivity contribution is 0.471. The van der Waals surface area contributed by atoms with Crippen molar-refractivity contribution in [3.05, 3.63) is 152 Å². The van der Waals surface area contributed by atoms with Gasteiger partial charge in [0.1, 0.15) is 56.3 Å². The lowest BCUT2D eigenvalue weighted by Gasteiger charge is -2.19. The van der Waals surface area contributed by atoms with Gasteiger partial charge >= 0.3 is 14.5 Å². The van der Waals surface area contributed by atoms with Crippen LogP contribution in [0.4, 0.5) is 0 Å². The van der Waals surface area contributed by atoms with Crippen molar-refractivity contribution >= 4 is 79.5 Å². The first-order valence-electron chi connectivity index (χ1n) is 21.4. The van der Waals surface area contributed by atoms with Crippen molar-refractivity contribution < 1.29 is 18.6 Å². The predicted octanol–water partition coefficient (Wildman–Crippen LogP) is 9.97. The molecular formula is C50H36B2N6O4S2. The number of hydrogen-bond acceptors (Lipinski definition) is 10. The van der Waals surface area contributed by atoms with Gasteiger partial charge in [0.15, 0.2) is 0 Å². The summed E-state index contributed by atoms with van der Waals surface area (Å²) in [6.07, 6.45) is 3.80. The number of fused-ring (bicyclic) bond motifs is 5. The molecule has 0 bridgehead atoms. The molecule has 3 aliphatic rings. The number of nitriles is 2. The first-order chi connectivity index (χ1) is 31.4. The summed E-state index contributed by atoms with van der Waals surface area (Å²) in [6.45, 7) is 6.19. The van der Waals surface area contributed by atoms with E-state index in [2.05, 4.69) is 61.7 Å². The third kappa shape index (κ3) is 5.97. The van der Waals surface area contributed by atoms with Gasteiger partial charge in [0, 0.05) is 22.0 Å². The van der Waals surface area contributed by atoms with E-state index in [1.165, 1.54) is 22.7 Å². The summed E-state index contributed by atoms with van der Waals surface area (Å²) < 4.78 is 33.3. The quantitative estimate of drug-likeness (QED) is 0.152. The Balaban J connectivity index is 1.34. The molecule has 10 nitrogen and oxygen atoms in total. The lowest BCUT2D eigenvalue weighted by Crippen LogP contribution is -2.45. The smallest absolute Gasteiger partial charge is 0.503 e. The van der Waals surface area contributed by atoms with E-state index in [1.54, 1.807) is 0 Å². The fourth-order valence-corrected chi connectivity index (χ4v) is 11.8. The number of aromatic nitrogens is 4. The average Bonchev–Trinajstić information content (AvgIpc) is 4.17. The van der Waals surface area contributed by atoms with E-state index in [1.807, 2.05) is 89.4 Å². The molecule has 0 radical (unpaired) electrons. The van der Waals surface area contributed by atoms with E-state index in [9.17, 15) is 10.5 Å². The van der Waals surface area contributed by atoms with Gasteiger partial charge in [-0.25, -0.2) is 9.97 Å². The zero-order valence-electron chi connectivity index (χ0n) is 35.1. The maximum atomic E-state index is 11.7. The van der Waals surface area contributed by atoms with Crippen LogP contribution in [0.2, 0.25) is 0 Å². The van der Waals surface area contributed by atoms with E-state index in [0.717, 1.165) is 90.5 Å². The number of benzene rings is 5. The molecule has 14 heteroatoms. The molecule has 0 saturated heterocycles. The predicted molar refractivity (Wildman–Crippen MR) is 253 cm³/mol. The largest absolute Gasteiger partial charge is 0.743 e. The Labute approximate surface area is 376 Å². The first kappa shape index (κ1) is 38.4. The zero-order chi connectivity index (χ0) is 43.2. The number of aryl methyl sites for hydroxylation is 3. The van der Waals surface area contributed by atoms with Crippen molar-refractivity contribution in [2.75, 3.05) is 0 Å². The summed E-state index contributed by atoms with van der Waals surface area (Å²) in [7, 11) is -2.02. The van der Waals surface area contributed by atoms with Crippen LogP contribution in [0.25, 0.3) is 53.6 Å². The second-order valence-electron chi connectivity index (χ2n) is 16.7. The van der Waals surface area contributed by atoms with E-state index in [0.29, 0.717) is 54.9 Å². The second-order valence-corrected chi connectivity index (χ2v) is 18.7. The van der Waals surface area contributed by atoms with E-state index in [-0.39, 0.29) is 5.92 Å². The van der Waals surface area contributed by atoms with Gasteiger partial charge in [-0.15, -0.1) is 22.7 Å². The van der Waals surface area contributed by atoms with Crippen molar-refractivity contribution in [3.8, 4) is 46.4 Å². The average molecular weight is 871 g/mol. The van der Waals surface area contributed by atoms with Crippen LogP contribution in [0.5, 0.6) is 23.0 Å². The molecule has 0 atom stereocenters. The van der Waals surface area contributed by atoms with Crippen molar-refractivity contribution in [1.82, 2.24) is 18.9 Å². The molecule has 0 amide bonds. The summed E-state index contributed by atoms with van der Waals surface area (Å²) >= 11 is 2.97. The van der Waals surface area contributed by atoms with Gasteiger partial charge in [-0.2, -0.15) is 10.5 Å². The van der Waals surface area contributed by atoms with Crippen LogP contribution in [0.15, 0.2) is 109 Å². The molecule has 2 aliphatic heterocycles. The van der Waals surface area contributed by atoms with Crippen LogP contribution < -0.4 is 29.3 Å². The summed E-state index contributed by atoms with van der Waals surface area (Å²) in [5.41, 5.74) is 8.03. The Bertz CT molecular complexity index is 3490. The molecule has 5 aromatic carbocycles. The fourth-order valence-electron chi connectivity index (χ4n) is 9.72. The van der Waals surface area contributed by atoms with Crippen molar-refractivity contribution in [3.63, 3.8) is 0 Å². The maximum Gasteiger partial charge on any atom is 0.743 e. The van der Waals surface area contributed by atoms with E-state index in [4.69, 9.17) is 28.6 Å². The number of hydrogen-bond donors (Lipinski definition) is 0. The Morgan fingerprint density at radius 2 is 1.08 bits per heavy atom. The van der Waals surface area contributed by atoms with Crippen LogP contribution in [-0.4, -0.2) is 33.4 Å². The number of rotatable bonds is 6. The van der Waals surface area contributed by atoms with Crippen LogP contribution in [0.3, 0.4) is 0 Å². The summed E-state index contributed by atoms with van der Waals surface area (Å²) in [4.78, 5) is 10.3. The summed E-state index contributed by atoms with van der Waals surface area (Å²) in [5.74, 6) is 2.38. The molecule has 6 heterocycles. The highest BCUT2D eigenvalue weighted by Gasteiger charge is 2.46. The SMILES string of the molecule is Cc1ccc2nc(/C(C#N)=c3/c4c(C5CCCC5)n(B5Oc6ccccc6O5)/c(=C(/C#N)c5nc6ccc(C)cc6s5)c4c(-c4ccccc4C)n3B3Oc4ccccc4O3)sc2c1. The number of para-hydroxylation sites is 4. The molecular weight excluding hydrogens is 834 g/mol. The molecule has 1 saturated carbocycles. The van der Waals surface area contributed by atoms with Crippen molar-refractivity contribution in [1.29, 1.82) is 10.5 Å². The minimum Gasteiger partial charge on any atom is -0.503 e. The van der Waals surface area contributed by atoms with Gasteiger partial charge in [-0.1, -0.05) is 73.5 Å². The van der Waals surface area contributed by atoms with Crippen LogP contribution in [0.1, 0.15) is 64.0 Å². The van der Waals surface area contributed by atoms with Gasteiger partial charge < -0.3 is 27.6 Å². The molecule has 1 fully saturated rings. The monoisotopic (exact) mass is 870 g/mol. The Hall–Kier alpha value is -7.25. The third-order valence-electron chi connectivity index (χ3n) is 12.6. The summed E-state index contributed by atoms with van der Waals surface area (Å²) in [5, 5.41) is 27.2. The van der Waals surface area contributed by atoms with E-state index < -0.39 is 14.5 Å². The van der Waals surface area contributed by atoms with Gasteiger partial charge in [-0.3, -0.25) is 0 Å². The van der Waals surface area contributed by atoms with E-state index >= 15 is 0 Å². The zero-order valence-corrected chi connectivity index (χ0v) is 36.7. The highest BCUT2D eigenvalue weighted by atomic mass is 32.1. The number of thiazole rings is 2. The van der Waals surface area contributed by atoms with Crippen LogP contribution in [0, 0.1) is 43.4 Å². The maximum absolute atomic E-state index is 11.7. The highest BCUT2D eigenvalue weighted by molar-refractivity contribution is 7.20. The number of nitrogens with zero attached hydrogens (tertiary/aromatic N) is 6. The Morgan fingerprint density at radius 3 is 1.58 bits per heavy atom. The second kappa shape index (κ2) is 14.9. The van der Waals surface area contributed by atoms with Gasteiger partial charge in [0.2, 0.25) is 0 Å². The molecule has 308 valence electrons. The van der Waals surface area contributed by atoms with Crippen molar-refractivity contribution in [2.24, 2.45) is 0 Å². The topological polar surface area (TPSA) is 120 Å². The van der Waals surface area contributed by atoms with Gasteiger partial charge in [0.05, 0.1) is 36.8 Å². The first-order valence-corrected chi connectivity index (χ1v) is 23.0. The molecule has 4 aromatic heterocycles. The molecule has 0 unspecified atom stereocenters. The third-order valence-corrected chi connectivity index (χ3v) is 14.7. The minimum atomic E-state index is -1.04. The molecule has 0 N–H and O–H groups in total. The molecule has 12 rings (SSSR count). The minimum absolute atomic E-state index is 0.00464. The standard InChI is InChI=1S/C50H36B2N6O4S2/c1-28-20-22-35-41(24-28)63-49(55-35)33(26-53)47-43-44(46(32-15-7-4-12-30(32)3)58(47)52-61-39-18-10-11-19-40(39)62-52)48(34(27-54)50-56-36-23-21-29(2)25-42(36)64-50)57(45(43)31-13-5-6-14-31)51-59-37-16-8-9-17-38(37)60-51/h4,7-12,15-25,31H,5-6,13-14H2,1-3H3/b47-33-,48-34-. The Kier molecular flexibility index (Phi) is 8.97. The molecule has 9 aromatic rings. The molecule has 1 aliphatic carbocycles. The summed E-state index contributed by atoms with van der Waals surface area (Å²) in [6, 6.07) is 41.1. The molecule has 64 heavy (non-hydrogen) atoms. The Morgan fingerprint density at radius 1 is 0.609 bits per heavy atom. The van der Waals surface area contributed by atoms with Crippen molar-refractivity contribution in [2.45, 2.75) is 52.4 Å². The highest BCUT2D eigenvalue weighted by Crippen LogP contribution is 2.44.